The van der Waals surface area contributed by atoms with Gasteiger partial charge in [-0.25, -0.2) is 4.39 Å². The molecule has 0 aromatic heterocycles. The third-order valence-corrected chi connectivity index (χ3v) is 16.3. The van der Waals surface area contributed by atoms with E-state index < -0.39 is 0 Å². The second kappa shape index (κ2) is 38.8. The largest absolute Gasteiger partial charge is 0.489 e. The summed E-state index contributed by atoms with van der Waals surface area (Å²) in [4.78, 5) is 0. The van der Waals surface area contributed by atoms with E-state index in [1.165, 1.54) is 28.3 Å². The Morgan fingerprint density at radius 1 is 0.291 bits per heavy atom. The Morgan fingerprint density at radius 3 is 0.971 bits per heavy atom. The number of terminal acetylenes is 2. The molecule has 0 N–H and O–H groups in total. The molecule has 0 bridgehead atoms. The van der Waals surface area contributed by atoms with Crippen LogP contribution in [-0.2, 0) is 26.4 Å². The van der Waals surface area contributed by atoms with Gasteiger partial charge in [-0.3, -0.25) is 0 Å². The molecule has 0 unspecified atom stereocenters. The molecule has 0 radical (unpaired) electrons. The molecule has 518 valence electrons. The molecule has 0 saturated heterocycles. The van der Waals surface area contributed by atoms with Crippen molar-refractivity contribution >= 4 is 0 Å². The summed E-state index contributed by atoms with van der Waals surface area (Å²) in [5.41, 5.74) is 11.0. The quantitative estimate of drug-likeness (QED) is 0.0548. The lowest BCUT2D eigenvalue weighted by atomic mass is 10.0. The summed E-state index contributed by atoms with van der Waals surface area (Å²) >= 11 is 0. The predicted octanol–water partition coefficient (Wildman–Crippen LogP) is 24.7. The number of benzene rings is 12. The highest BCUT2D eigenvalue weighted by atomic mass is 19.1. The summed E-state index contributed by atoms with van der Waals surface area (Å²) in [6, 6.07) is 94.5. The van der Waals surface area contributed by atoms with Crippen molar-refractivity contribution in [2.75, 3.05) is 0 Å². The smallest absolute Gasteiger partial charge is 0.131 e. The Kier molecular flexibility index (Phi) is 28.2. The number of nitrogens with zero attached hydrogens (tertiary/aromatic N) is 1. The van der Waals surface area contributed by atoms with Crippen molar-refractivity contribution in [3.63, 3.8) is 0 Å². The van der Waals surface area contributed by atoms with Crippen LogP contribution in [0, 0.1) is 41.8 Å². The monoisotopic (exact) mass is 1360 g/mol. The Balaban J connectivity index is 0.000000160. The van der Waals surface area contributed by atoms with E-state index in [0.29, 0.717) is 77.6 Å². The van der Waals surface area contributed by atoms with Crippen molar-refractivity contribution in [2.45, 2.75) is 105 Å². The molecule has 0 aliphatic carbocycles. The van der Waals surface area contributed by atoms with Gasteiger partial charge in [0.2, 0.25) is 0 Å². The van der Waals surface area contributed by atoms with Crippen LogP contribution in [-0.4, -0.2) is 0 Å². The molecular formula is C93H86FNO8. The summed E-state index contributed by atoms with van der Waals surface area (Å²) in [6.07, 6.45) is 10.8. The molecule has 0 spiro atoms. The van der Waals surface area contributed by atoms with Gasteiger partial charge in [-0.1, -0.05) is 201 Å². The lowest BCUT2D eigenvalue weighted by Crippen LogP contribution is -1.98. The van der Waals surface area contributed by atoms with Gasteiger partial charge in [0.1, 0.15) is 101 Å². The Hall–Kier alpha value is -12.4. The lowest BCUT2D eigenvalue weighted by molar-refractivity contribution is 0.298. The molecular weight excluding hydrogens is 1280 g/mol. The highest BCUT2D eigenvalue weighted by molar-refractivity contribution is 5.45. The number of ether oxygens (including phenoxy) is 8. The minimum Gasteiger partial charge on any atom is -0.489 e. The van der Waals surface area contributed by atoms with E-state index in [0.717, 1.165) is 73.8 Å². The number of rotatable bonds is 24. The fraction of sp³-hybridized carbons (Fsp3) is 0.172. The zero-order chi connectivity index (χ0) is 72.7. The van der Waals surface area contributed by atoms with E-state index in [2.05, 4.69) is 122 Å². The number of hydrogen-bond donors (Lipinski definition) is 0. The van der Waals surface area contributed by atoms with E-state index in [-0.39, 0.29) is 12.4 Å². The highest BCUT2D eigenvalue weighted by Gasteiger charge is 2.11. The SMILES string of the molecule is C#Cc1ccc(COc2cccc(Oc3ccc(C(C)C)cc3)c2)cc1.C#Cc1cccc(COc2cccc(Oc3ccc(C(C)C)cc3)c2)c1.CC(C)c1ccc(Oc2cccc(OCc3ccccc3C#N)c2)cc1.CC(C)c1ccc(Oc2cccc(OCc3ccccc3F)c2)cc1. The van der Waals surface area contributed by atoms with Crippen LogP contribution in [0.5, 0.6) is 69.0 Å². The summed E-state index contributed by atoms with van der Waals surface area (Å²) in [5.74, 6) is 15.9. The average molecular weight is 1360 g/mol. The molecule has 0 aliphatic heterocycles. The Morgan fingerprint density at radius 2 is 0.612 bits per heavy atom. The van der Waals surface area contributed by atoms with Gasteiger partial charge in [0.15, 0.2) is 0 Å². The summed E-state index contributed by atoms with van der Waals surface area (Å²) in [7, 11) is 0. The standard InChI is InChI=1S/2C24H22O2.C23H21NO2.C22H21FO2/c1-4-19-7-5-8-20(15-19)17-25-23-9-6-10-24(16-23)26-22-13-11-21(12-14-22)18(2)3;1-4-19-8-10-20(11-9-19)17-25-23-6-5-7-24(16-23)26-22-14-12-21(13-15-22)18(2)3;1-17(2)18-10-12-21(13-11-18)26-23-9-5-8-22(14-23)25-16-20-7-4-3-6-19(20)15-24;1-16(2)17-10-12-19(13-11-17)25-21-8-5-7-20(14-21)24-15-18-6-3-4-9-22(18)23/h2*1,5-16,18H,17H2,2-3H3;3-14,17H,16H2,1-2H3;3-14,16H,15H2,1-2H3. The van der Waals surface area contributed by atoms with Gasteiger partial charge in [0.25, 0.3) is 0 Å². The zero-order valence-corrected chi connectivity index (χ0v) is 59.6. The van der Waals surface area contributed by atoms with E-state index in [1.807, 2.05) is 206 Å². The molecule has 0 atom stereocenters. The van der Waals surface area contributed by atoms with Gasteiger partial charge in [-0.15, -0.1) is 12.8 Å². The van der Waals surface area contributed by atoms with E-state index in [9.17, 15) is 4.39 Å². The molecule has 12 rings (SSSR count). The third kappa shape index (κ3) is 24.5. The summed E-state index contributed by atoms with van der Waals surface area (Å²) < 4.78 is 60.6. The van der Waals surface area contributed by atoms with Crippen LogP contribution < -0.4 is 37.9 Å². The molecule has 9 nitrogen and oxygen atoms in total. The van der Waals surface area contributed by atoms with Crippen LogP contribution in [0.1, 0.15) is 140 Å². The summed E-state index contributed by atoms with van der Waals surface area (Å²) in [5, 5.41) is 9.15. The van der Waals surface area contributed by atoms with Crippen molar-refractivity contribution in [2.24, 2.45) is 0 Å². The molecule has 12 aromatic rings. The van der Waals surface area contributed by atoms with Gasteiger partial charge < -0.3 is 37.9 Å². The molecule has 0 fully saturated rings. The number of halogens is 1. The van der Waals surface area contributed by atoms with Crippen molar-refractivity contribution in [3.8, 4) is 99.8 Å². The fourth-order valence-electron chi connectivity index (χ4n) is 10.2. The zero-order valence-electron chi connectivity index (χ0n) is 59.6. The fourth-order valence-corrected chi connectivity index (χ4v) is 10.2. The summed E-state index contributed by atoms with van der Waals surface area (Å²) in [6.45, 7) is 18.8. The maximum Gasteiger partial charge on any atom is 0.131 e. The van der Waals surface area contributed by atoms with E-state index >= 15 is 0 Å². The minimum absolute atomic E-state index is 0.180. The second-order valence-corrected chi connectivity index (χ2v) is 25.4. The topological polar surface area (TPSA) is 97.6 Å². The van der Waals surface area contributed by atoms with Crippen molar-refractivity contribution in [1.29, 1.82) is 5.26 Å². The highest BCUT2D eigenvalue weighted by Crippen LogP contribution is 2.33. The number of hydrogen-bond acceptors (Lipinski definition) is 9. The third-order valence-electron chi connectivity index (χ3n) is 16.3. The first-order valence-electron chi connectivity index (χ1n) is 34.4. The Labute approximate surface area is 607 Å². The van der Waals surface area contributed by atoms with Crippen molar-refractivity contribution < 1.29 is 42.3 Å². The predicted molar refractivity (Wildman–Crippen MR) is 412 cm³/mol. The van der Waals surface area contributed by atoms with Crippen LogP contribution in [0.15, 0.2) is 291 Å². The van der Waals surface area contributed by atoms with Gasteiger partial charge in [-0.2, -0.15) is 5.26 Å². The molecule has 0 amide bonds. The van der Waals surface area contributed by atoms with E-state index in [1.54, 1.807) is 30.3 Å². The molecule has 103 heavy (non-hydrogen) atoms. The molecule has 0 saturated carbocycles. The van der Waals surface area contributed by atoms with Crippen LogP contribution in [0.2, 0.25) is 0 Å². The van der Waals surface area contributed by atoms with Crippen LogP contribution >= 0.6 is 0 Å². The first-order valence-corrected chi connectivity index (χ1v) is 34.4. The number of nitriles is 1. The van der Waals surface area contributed by atoms with Gasteiger partial charge >= 0.3 is 0 Å². The maximum absolute atomic E-state index is 13.6. The minimum atomic E-state index is -0.264. The second-order valence-electron chi connectivity index (χ2n) is 25.4. The first kappa shape index (κ1) is 74.8. The van der Waals surface area contributed by atoms with Gasteiger partial charge in [0.05, 0.1) is 11.6 Å². The van der Waals surface area contributed by atoms with Crippen molar-refractivity contribution in [1.82, 2.24) is 0 Å². The average Bonchev–Trinajstić information content (AvgIpc) is 0.890. The lowest BCUT2D eigenvalue weighted by Gasteiger charge is -2.11. The van der Waals surface area contributed by atoms with Gasteiger partial charge in [-0.05, 0) is 191 Å². The first-order chi connectivity index (χ1) is 50.0. The molecule has 0 heterocycles. The van der Waals surface area contributed by atoms with Gasteiger partial charge in [0, 0.05) is 46.5 Å². The Bertz CT molecular complexity index is 4740. The molecule has 10 heteroatoms. The maximum atomic E-state index is 13.6. The van der Waals surface area contributed by atoms with Crippen molar-refractivity contribution in [3.05, 3.63) is 358 Å². The normalized spacial score (nSPS) is 10.5. The van der Waals surface area contributed by atoms with E-state index in [4.69, 9.17) is 56.0 Å². The van der Waals surface area contributed by atoms with Crippen LogP contribution in [0.25, 0.3) is 0 Å². The molecule has 12 aromatic carbocycles. The van der Waals surface area contributed by atoms with Crippen LogP contribution in [0.3, 0.4) is 0 Å². The van der Waals surface area contributed by atoms with Crippen LogP contribution in [0.4, 0.5) is 4.39 Å². The molecule has 0 aliphatic rings.